The third kappa shape index (κ3) is 2.73. The molecule has 1 rings (SSSR count). The summed E-state index contributed by atoms with van der Waals surface area (Å²) < 4.78 is 0. The van der Waals surface area contributed by atoms with Crippen molar-refractivity contribution in [2.45, 2.75) is 19.9 Å². The van der Waals surface area contributed by atoms with Gasteiger partial charge < -0.3 is 16.8 Å². The Bertz CT molecular complexity index is 416. The number of aryl methyl sites for hydroxylation is 1. The van der Waals surface area contributed by atoms with Crippen molar-refractivity contribution in [1.29, 1.82) is 0 Å². The molecule has 16 heavy (non-hydrogen) atoms. The maximum atomic E-state index is 11.2. The molecule has 0 saturated heterocycles. The fourth-order valence-corrected chi connectivity index (χ4v) is 1.58. The van der Waals surface area contributed by atoms with Gasteiger partial charge in [-0.15, -0.1) is 0 Å². The molecule has 5 nitrogen and oxygen atoms in total. The number of carbonyl (C=O) groups excluding carboxylic acids is 2. The van der Waals surface area contributed by atoms with Gasteiger partial charge >= 0.3 is 6.03 Å². The van der Waals surface area contributed by atoms with Gasteiger partial charge in [-0.3, -0.25) is 4.79 Å². The number of amides is 3. The van der Waals surface area contributed by atoms with Gasteiger partial charge in [0, 0.05) is 12.1 Å². The van der Waals surface area contributed by atoms with Crippen LogP contribution < -0.4 is 16.8 Å². The molecule has 0 bridgehead atoms. The Labute approximate surface area is 93.8 Å². The highest BCUT2D eigenvalue weighted by Crippen LogP contribution is 2.15. The smallest absolute Gasteiger partial charge is 0.312 e. The first-order valence-corrected chi connectivity index (χ1v) is 5.00. The Balaban J connectivity index is 3.09. The van der Waals surface area contributed by atoms with Crippen molar-refractivity contribution < 1.29 is 9.59 Å². The van der Waals surface area contributed by atoms with Crippen LogP contribution in [0.4, 0.5) is 4.79 Å². The number of nitrogens with two attached hydrogens (primary N) is 2. The highest BCUT2D eigenvalue weighted by Gasteiger charge is 2.11. The van der Waals surface area contributed by atoms with Gasteiger partial charge in [0.05, 0.1) is 0 Å². The highest BCUT2D eigenvalue weighted by molar-refractivity contribution is 5.94. The molecule has 0 fully saturated rings. The van der Waals surface area contributed by atoms with Crippen molar-refractivity contribution in [3.63, 3.8) is 0 Å². The van der Waals surface area contributed by atoms with Gasteiger partial charge in [-0.05, 0) is 23.6 Å². The SMILES string of the molecule is CCc1cccc(C(N)=O)c1CNC(N)=O. The van der Waals surface area contributed by atoms with Gasteiger partial charge in [-0.1, -0.05) is 19.1 Å². The summed E-state index contributed by atoms with van der Waals surface area (Å²) >= 11 is 0. The quantitative estimate of drug-likeness (QED) is 0.690. The van der Waals surface area contributed by atoms with Crippen molar-refractivity contribution in [2.24, 2.45) is 11.5 Å². The molecule has 0 atom stereocenters. The molecule has 0 unspecified atom stereocenters. The minimum absolute atomic E-state index is 0.220. The molecule has 1 aromatic rings. The van der Waals surface area contributed by atoms with E-state index in [0.29, 0.717) is 5.56 Å². The van der Waals surface area contributed by atoms with Crippen LogP contribution in [0.5, 0.6) is 0 Å². The molecule has 0 radical (unpaired) electrons. The van der Waals surface area contributed by atoms with E-state index in [0.717, 1.165) is 17.5 Å². The van der Waals surface area contributed by atoms with E-state index in [4.69, 9.17) is 11.5 Å². The van der Waals surface area contributed by atoms with E-state index >= 15 is 0 Å². The third-order valence-corrected chi connectivity index (χ3v) is 2.36. The number of benzene rings is 1. The Kier molecular flexibility index (Phi) is 3.88. The second kappa shape index (κ2) is 5.16. The Morgan fingerprint density at radius 2 is 2.00 bits per heavy atom. The highest BCUT2D eigenvalue weighted by atomic mass is 16.2. The normalized spacial score (nSPS) is 9.81. The van der Waals surface area contributed by atoms with Crippen LogP contribution in [0.2, 0.25) is 0 Å². The van der Waals surface area contributed by atoms with Crippen LogP contribution in [0, 0.1) is 0 Å². The molecule has 0 aliphatic rings. The number of primary amides is 2. The fourth-order valence-electron chi connectivity index (χ4n) is 1.58. The molecule has 1 aromatic carbocycles. The van der Waals surface area contributed by atoms with Crippen LogP contribution in [0.1, 0.15) is 28.4 Å². The first kappa shape index (κ1) is 12.0. The summed E-state index contributed by atoms with van der Waals surface area (Å²) in [6.07, 6.45) is 0.761. The predicted molar refractivity (Wildman–Crippen MR) is 60.8 cm³/mol. The second-order valence-corrected chi connectivity index (χ2v) is 3.38. The molecule has 0 aliphatic heterocycles. The third-order valence-electron chi connectivity index (χ3n) is 2.36. The average molecular weight is 221 g/mol. The average Bonchev–Trinajstić information content (AvgIpc) is 2.25. The number of rotatable bonds is 4. The molecule has 0 aliphatic carbocycles. The maximum Gasteiger partial charge on any atom is 0.312 e. The molecule has 5 heteroatoms. The van der Waals surface area contributed by atoms with Crippen LogP contribution >= 0.6 is 0 Å². The van der Waals surface area contributed by atoms with Crippen LogP contribution in [-0.4, -0.2) is 11.9 Å². The van der Waals surface area contributed by atoms with Gasteiger partial charge in [-0.25, -0.2) is 4.79 Å². The summed E-state index contributed by atoms with van der Waals surface area (Å²) in [4.78, 5) is 21.9. The number of carbonyl (C=O) groups is 2. The minimum atomic E-state index is -0.624. The zero-order valence-electron chi connectivity index (χ0n) is 9.12. The summed E-state index contributed by atoms with van der Waals surface area (Å²) in [6.45, 7) is 2.19. The van der Waals surface area contributed by atoms with Gasteiger partial charge in [0.15, 0.2) is 0 Å². The van der Waals surface area contributed by atoms with Gasteiger partial charge in [0.25, 0.3) is 0 Å². The molecule has 3 amide bonds. The van der Waals surface area contributed by atoms with Crippen molar-refractivity contribution in [3.8, 4) is 0 Å². The monoisotopic (exact) mass is 221 g/mol. The van der Waals surface area contributed by atoms with E-state index in [1.165, 1.54) is 0 Å². The van der Waals surface area contributed by atoms with Gasteiger partial charge in [-0.2, -0.15) is 0 Å². The molecule has 0 spiro atoms. The van der Waals surface area contributed by atoms with E-state index in [2.05, 4.69) is 5.32 Å². The lowest BCUT2D eigenvalue weighted by Crippen LogP contribution is -2.30. The Hall–Kier alpha value is -2.04. The maximum absolute atomic E-state index is 11.2. The molecular weight excluding hydrogens is 206 g/mol. The molecular formula is C11H15N3O2. The van der Waals surface area contributed by atoms with Gasteiger partial charge in [0.2, 0.25) is 5.91 Å². The molecule has 0 aromatic heterocycles. The van der Waals surface area contributed by atoms with E-state index in [9.17, 15) is 9.59 Å². The summed E-state index contributed by atoms with van der Waals surface area (Å²) in [7, 11) is 0. The van der Waals surface area contributed by atoms with E-state index in [1.54, 1.807) is 12.1 Å². The summed E-state index contributed by atoms with van der Waals surface area (Å²) in [6, 6.07) is 4.68. The van der Waals surface area contributed by atoms with Crippen molar-refractivity contribution >= 4 is 11.9 Å². The van der Waals surface area contributed by atoms with E-state index < -0.39 is 11.9 Å². The topological polar surface area (TPSA) is 98.2 Å². The van der Waals surface area contributed by atoms with Crippen molar-refractivity contribution in [2.75, 3.05) is 0 Å². The molecule has 0 saturated carbocycles. The van der Waals surface area contributed by atoms with Gasteiger partial charge in [0.1, 0.15) is 0 Å². The first-order valence-electron chi connectivity index (χ1n) is 5.00. The lowest BCUT2D eigenvalue weighted by Gasteiger charge is -2.11. The number of hydrogen-bond donors (Lipinski definition) is 3. The summed E-state index contributed by atoms with van der Waals surface area (Å²) in [5.74, 6) is -0.503. The predicted octanol–water partition coefficient (Wildman–Crippen LogP) is 0.516. The van der Waals surface area contributed by atoms with E-state index in [1.807, 2.05) is 13.0 Å². The lowest BCUT2D eigenvalue weighted by atomic mass is 9.99. The van der Waals surface area contributed by atoms with Crippen LogP contribution in [0.25, 0.3) is 0 Å². The van der Waals surface area contributed by atoms with Crippen molar-refractivity contribution in [3.05, 3.63) is 34.9 Å². The number of nitrogens with one attached hydrogen (secondary N) is 1. The van der Waals surface area contributed by atoms with Crippen molar-refractivity contribution in [1.82, 2.24) is 5.32 Å². The largest absolute Gasteiger partial charge is 0.366 e. The zero-order chi connectivity index (χ0) is 12.1. The lowest BCUT2D eigenvalue weighted by molar-refractivity contribution is 0.0999. The van der Waals surface area contributed by atoms with Crippen LogP contribution in [-0.2, 0) is 13.0 Å². The number of urea groups is 1. The zero-order valence-corrected chi connectivity index (χ0v) is 9.12. The van der Waals surface area contributed by atoms with Crippen LogP contribution in [0.15, 0.2) is 18.2 Å². The van der Waals surface area contributed by atoms with Crippen LogP contribution in [0.3, 0.4) is 0 Å². The Morgan fingerprint density at radius 1 is 1.31 bits per heavy atom. The summed E-state index contributed by atoms with van der Waals surface area (Å²) in [5.41, 5.74) is 12.4. The molecule has 86 valence electrons. The summed E-state index contributed by atoms with van der Waals surface area (Å²) in [5, 5.41) is 2.46. The Morgan fingerprint density at radius 3 is 2.50 bits per heavy atom. The van der Waals surface area contributed by atoms with E-state index in [-0.39, 0.29) is 6.54 Å². The second-order valence-electron chi connectivity index (χ2n) is 3.38. The number of hydrogen-bond acceptors (Lipinski definition) is 2. The first-order chi connectivity index (χ1) is 7.56. The molecule has 0 heterocycles. The molecule has 5 N–H and O–H groups in total. The standard InChI is InChI=1S/C11H15N3O2/c1-2-7-4-3-5-8(10(12)15)9(7)6-14-11(13)16/h3-5H,2,6H2,1H3,(H2,12,15)(H3,13,14,16). The fraction of sp³-hybridized carbons (Fsp3) is 0.273. The minimum Gasteiger partial charge on any atom is -0.366 e.